The predicted octanol–water partition coefficient (Wildman–Crippen LogP) is 1.27. The van der Waals surface area contributed by atoms with Gasteiger partial charge in [-0.25, -0.2) is 9.67 Å². The summed E-state index contributed by atoms with van der Waals surface area (Å²) in [5.41, 5.74) is 7.99. The molecule has 0 atom stereocenters. The minimum atomic E-state index is 0.129. The van der Waals surface area contributed by atoms with Gasteiger partial charge < -0.3 is 5.73 Å². The van der Waals surface area contributed by atoms with E-state index in [2.05, 4.69) is 15.1 Å². The van der Waals surface area contributed by atoms with Crippen molar-refractivity contribution >= 4 is 16.6 Å². The van der Waals surface area contributed by atoms with Crippen LogP contribution in [0.5, 0.6) is 0 Å². The maximum Gasteiger partial charge on any atom is 0.252 e. The number of para-hydroxylation sites is 1. The van der Waals surface area contributed by atoms with Crippen LogP contribution >= 0.6 is 0 Å². The number of fused-ring (bicyclic) bond motifs is 1. The largest absolute Gasteiger partial charge is 0.397 e. The number of pyridine rings is 1. The molecule has 0 bridgehead atoms. The Labute approximate surface area is 102 Å². The van der Waals surface area contributed by atoms with E-state index >= 15 is 0 Å². The highest BCUT2D eigenvalue weighted by Gasteiger charge is 2.08. The second-order valence-corrected chi connectivity index (χ2v) is 3.70. The van der Waals surface area contributed by atoms with Gasteiger partial charge in [-0.2, -0.15) is 5.26 Å². The molecule has 0 saturated carbocycles. The van der Waals surface area contributed by atoms with Gasteiger partial charge in [-0.1, -0.05) is 12.1 Å². The lowest BCUT2D eigenvalue weighted by Crippen LogP contribution is -1.98. The molecule has 0 amide bonds. The molecule has 0 spiro atoms. The van der Waals surface area contributed by atoms with Gasteiger partial charge in [0, 0.05) is 11.6 Å². The molecule has 2 heterocycles. The van der Waals surface area contributed by atoms with E-state index in [0.29, 0.717) is 11.2 Å². The van der Waals surface area contributed by atoms with E-state index in [4.69, 9.17) is 11.0 Å². The lowest BCUT2D eigenvalue weighted by Gasteiger charge is -2.06. The standard InChI is InChI=1S/C12H8N6/c13-6-11-16-7-18(17-11)10-4-5-15-12-8(10)2-1-3-9(12)14/h1-5,7H,14H2. The quantitative estimate of drug-likeness (QED) is 0.642. The van der Waals surface area contributed by atoms with E-state index in [9.17, 15) is 0 Å². The molecular formula is C12H8N6. The van der Waals surface area contributed by atoms with Crippen LogP contribution in [0.4, 0.5) is 5.69 Å². The smallest absolute Gasteiger partial charge is 0.252 e. The first kappa shape index (κ1) is 10.2. The summed E-state index contributed by atoms with van der Waals surface area (Å²) in [6.07, 6.45) is 3.15. The van der Waals surface area contributed by atoms with Crippen molar-refractivity contribution in [1.82, 2.24) is 19.7 Å². The number of hydrogen-bond acceptors (Lipinski definition) is 5. The van der Waals surface area contributed by atoms with Gasteiger partial charge in [-0.3, -0.25) is 4.98 Å². The van der Waals surface area contributed by atoms with Gasteiger partial charge in [0.2, 0.25) is 0 Å². The fourth-order valence-corrected chi connectivity index (χ4v) is 1.81. The lowest BCUT2D eigenvalue weighted by molar-refractivity contribution is 0.878. The van der Waals surface area contributed by atoms with Gasteiger partial charge >= 0.3 is 0 Å². The highest BCUT2D eigenvalue weighted by molar-refractivity contribution is 5.94. The number of hydrogen-bond donors (Lipinski definition) is 1. The van der Waals surface area contributed by atoms with Gasteiger partial charge in [0.25, 0.3) is 5.82 Å². The van der Waals surface area contributed by atoms with Crippen molar-refractivity contribution in [3.8, 4) is 11.8 Å². The van der Waals surface area contributed by atoms with E-state index < -0.39 is 0 Å². The van der Waals surface area contributed by atoms with Gasteiger partial charge in [0.1, 0.15) is 12.4 Å². The van der Waals surface area contributed by atoms with Gasteiger partial charge in [-0.05, 0) is 12.1 Å². The maximum absolute atomic E-state index is 8.73. The number of rotatable bonds is 1. The molecule has 3 rings (SSSR count). The molecule has 0 aliphatic heterocycles. The van der Waals surface area contributed by atoms with Crippen molar-refractivity contribution in [2.75, 3.05) is 5.73 Å². The van der Waals surface area contributed by atoms with Crippen molar-refractivity contribution in [2.45, 2.75) is 0 Å². The van der Waals surface area contributed by atoms with Gasteiger partial charge in [-0.15, -0.1) is 5.10 Å². The third-order valence-electron chi connectivity index (χ3n) is 2.62. The number of nitrogens with two attached hydrogens (primary N) is 1. The van der Waals surface area contributed by atoms with E-state index in [0.717, 1.165) is 11.1 Å². The lowest BCUT2D eigenvalue weighted by atomic mass is 10.1. The topological polar surface area (TPSA) is 93.4 Å². The van der Waals surface area contributed by atoms with Gasteiger partial charge in [0.15, 0.2) is 0 Å². The summed E-state index contributed by atoms with van der Waals surface area (Å²) in [7, 11) is 0. The molecule has 6 nitrogen and oxygen atoms in total. The average Bonchev–Trinajstić information content (AvgIpc) is 2.87. The summed E-state index contributed by atoms with van der Waals surface area (Å²) < 4.78 is 1.54. The summed E-state index contributed by atoms with van der Waals surface area (Å²) >= 11 is 0. The molecule has 0 aliphatic rings. The van der Waals surface area contributed by atoms with Crippen LogP contribution in [0.25, 0.3) is 16.6 Å². The van der Waals surface area contributed by atoms with Crippen LogP contribution in [0.3, 0.4) is 0 Å². The monoisotopic (exact) mass is 236 g/mol. The first-order chi connectivity index (χ1) is 8.79. The Hall–Kier alpha value is -2.94. The zero-order valence-electron chi connectivity index (χ0n) is 9.28. The molecule has 0 fully saturated rings. The minimum Gasteiger partial charge on any atom is -0.397 e. The Kier molecular flexibility index (Phi) is 2.17. The molecule has 2 aromatic heterocycles. The van der Waals surface area contributed by atoms with Gasteiger partial charge in [0.05, 0.1) is 16.9 Å². The molecule has 1 aromatic carbocycles. The molecule has 0 radical (unpaired) electrons. The molecular weight excluding hydrogens is 228 g/mol. The molecule has 86 valence electrons. The second-order valence-electron chi connectivity index (χ2n) is 3.70. The number of aromatic nitrogens is 4. The van der Waals surface area contributed by atoms with Crippen molar-refractivity contribution < 1.29 is 0 Å². The Morgan fingerprint density at radius 2 is 2.11 bits per heavy atom. The minimum absolute atomic E-state index is 0.129. The van der Waals surface area contributed by atoms with Crippen molar-refractivity contribution in [1.29, 1.82) is 5.26 Å². The normalized spacial score (nSPS) is 10.4. The Balaban J connectivity index is 2.30. The number of nitrogens with zero attached hydrogens (tertiary/aromatic N) is 5. The summed E-state index contributed by atoms with van der Waals surface area (Å²) in [5.74, 6) is 0.129. The average molecular weight is 236 g/mol. The first-order valence-electron chi connectivity index (χ1n) is 5.25. The fraction of sp³-hybridized carbons (Fsp3) is 0. The predicted molar refractivity (Wildman–Crippen MR) is 65.8 cm³/mol. The molecule has 0 saturated heterocycles. The maximum atomic E-state index is 8.73. The molecule has 0 unspecified atom stereocenters. The molecule has 3 aromatic rings. The van der Waals surface area contributed by atoms with E-state index in [1.165, 1.54) is 6.33 Å². The van der Waals surface area contributed by atoms with Crippen molar-refractivity contribution in [3.63, 3.8) is 0 Å². The van der Waals surface area contributed by atoms with Crippen LogP contribution in [-0.2, 0) is 0 Å². The van der Waals surface area contributed by atoms with Crippen LogP contribution in [0.15, 0.2) is 36.8 Å². The third-order valence-corrected chi connectivity index (χ3v) is 2.62. The first-order valence-corrected chi connectivity index (χ1v) is 5.25. The van der Waals surface area contributed by atoms with Crippen LogP contribution in [-0.4, -0.2) is 19.7 Å². The number of nitrogen functional groups attached to an aromatic ring is 1. The van der Waals surface area contributed by atoms with Crippen molar-refractivity contribution in [3.05, 3.63) is 42.6 Å². The van der Waals surface area contributed by atoms with E-state index in [1.54, 1.807) is 23.0 Å². The number of nitriles is 1. The summed E-state index contributed by atoms with van der Waals surface area (Å²) in [5, 5.41) is 13.7. The molecule has 0 aliphatic carbocycles. The van der Waals surface area contributed by atoms with Crippen LogP contribution < -0.4 is 5.73 Å². The number of benzene rings is 1. The Morgan fingerprint density at radius 1 is 1.22 bits per heavy atom. The highest BCUT2D eigenvalue weighted by Crippen LogP contribution is 2.23. The summed E-state index contributed by atoms with van der Waals surface area (Å²) in [6.45, 7) is 0. The third kappa shape index (κ3) is 1.46. The highest BCUT2D eigenvalue weighted by atomic mass is 15.3. The zero-order valence-corrected chi connectivity index (χ0v) is 9.28. The van der Waals surface area contributed by atoms with E-state index in [-0.39, 0.29) is 5.82 Å². The van der Waals surface area contributed by atoms with Crippen molar-refractivity contribution in [2.24, 2.45) is 0 Å². The van der Waals surface area contributed by atoms with Crippen LogP contribution in [0, 0.1) is 11.3 Å². The summed E-state index contributed by atoms with van der Waals surface area (Å²) in [6, 6.07) is 9.25. The fourth-order valence-electron chi connectivity index (χ4n) is 1.81. The molecule has 6 heteroatoms. The SMILES string of the molecule is N#Cc1ncn(-c2ccnc3c(N)cccc23)n1. The van der Waals surface area contributed by atoms with Crippen LogP contribution in [0.1, 0.15) is 5.82 Å². The second kappa shape index (κ2) is 3.82. The Bertz CT molecular complexity index is 768. The summed E-state index contributed by atoms with van der Waals surface area (Å²) in [4.78, 5) is 8.12. The molecule has 18 heavy (non-hydrogen) atoms. The van der Waals surface area contributed by atoms with Crippen LogP contribution in [0.2, 0.25) is 0 Å². The molecule has 2 N–H and O–H groups in total. The Morgan fingerprint density at radius 3 is 2.89 bits per heavy atom. The number of anilines is 1. The van der Waals surface area contributed by atoms with E-state index in [1.807, 2.05) is 18.2 Å². The zero-order chi connectivity index (χ0) is 12.5.